The Bertz CT molecular complexity index is 783. The molecule has 194 valence electrons. The summed E-state index contributed by atoms with van der Waals surface area (Å²) in [6.45, 7) is 9.15. The molecule has 0 amide bonds. The zero-order chi connectivity index (χ0) is 24.6. The highest BCUT2D eigenvalue weighted by Crippen LogP contribution is 2.66. The second kappa shape index (κ2) is 8.71. The van der Waals surface area contributed by atoms with Crippen LogP contribution in [0.3, 0.4) is 0 Å². The third kappa shape index (κ3) is 3.77. The van der Waals surface area contributed by atoms with Crippen LogP contribution < -0.4 is 0 Å². The number of esters is 1. The number of carbonyl (C=O) groups is 1. The van der Waals surface area contributed by atoms with Crippen molar-refractivity contribution >= 4 is 5.97 Å². The first-order valence-electron chi connectivity index (χ1n) is 13.9. The van der Waals surface area contributed by atoms with Crippen molar-refractivity contribution in [3.63, 3.8) is 0 Å². The van der Waals surface area contributed by atoms with E-state index in [9.17, 15) is 25.2 Å². The van der Waals surface area contributed by atoms with Crippen LogP contribution in [0.4, 0.5) is 0 Å². The van der Waals surface area contributed by atoms with E-state index in [1.165, 1.54) is 0 Å². The topological polar surface area (TPSA) is 107 Å². The van der Waals surface area contributed by atoms with E-state index in [4.69, 9.17) is 4.74 Å². The van der Waals surface area contributed by atoms with Crippen molar-refractivity contribution in [2.75, 3.05) is 6.61 Å². The first-order chi connectivity index (χ1) is 16.0. The van der Waals surface area contributed by atoms with Crippen LogP contribution in [0, 0.1) is 58.2 Å². The molecule has 0 spiro atoms. The van der Waals surface area contributed by atoms with Crippen LogP contribution in [0.5, 0.6) is 0 Å². The molecule has 1 aliphatic heterocycles. The van der Waals surface area contributed by atoms with Gasteiger partial charge in [0.05, 0.1) is 36.9 Å². The van der Waals surface area contributed by atoms with Crippen LogP contribution in [0.15, 0.2) is 0 Å². The molecule has 6 nitrogen and oxygen atoms in total. The van der Waals surface area contributed by atoms with Gasteiger partial charge < -0.3 is 25.2 Å². The van der Waals surface area contributed by atoms with Gasteiger partial charge in [-0.25, -0.2) is 0 Å². The summed E-state index contributed by atoms with van der Waals surface area (Å²) in [7, 11) is 0. The van der Waals surface area contributed by atoms with E-state index in [-0.39, 0.29) is 52.8 Å². The molecule has 0 aromatic rings. The van der Waals surface area contributed by atoms with Crippen LogP contribution in [-0.4, -0.2) is 57.4 Å². The summed E-state index contributed by atoms with van der Waals surface area (Å²) >= 11 is 0. The Kier molecular flexibility index (Phi) is 6.40. The highest BCUT2D eigenvalue weighted by molar-refractivity contribution is 5.74. The van der Waals surface area contributed by atoms with Gasteiger partial charge in [0.1, 0.15) is 0 Å². The fraction of sp³-hybridized carbons (Fsp3) is 0.964. The fourth-order valence-electron chi connectivity index (χ4n) is 9.45. The maximum Gasteiger partial charge on any atom is 0.309 e. The Labute approximate surface area is 204 Å². The largest absolute Gasteiger partial charge is 0.465 e. The number of aliphatic hydroxyl groups excluding tert-OH is 4. The smallest absolute Gasteiger partial charge is 0.309 e. The molecule has 1 heterocycles. The highest BCUT2D eigenvalue weighted by atomic mass is 16.5. The maximum absolute atomic E-state index is 13.0. The van der Waals surface area contributed by atoms with Crippen molar-refractivity contribution in [2.24, 2.45) is 58.2 Å². The number of aliphatic hydroxyl groups is 4. The molecule has 4 aliphatic carbocycles. The van der Waals surface area contributed by atoms with Crippen molar-refractivity contribution in [2.45, 2.75) is 103 Å². The summed E-state index contributed by atoms with van der Waals surface area (Å²) in [5, 5.41) is 43.0. The minimum Gasteiger partial charge on any atom is -0.465 e. The summed E-state index contributed by atoms with van der Waals surface area (Å²) in [5.41, 5.74) is -0.323. The standard InChI is InChI=1S/C28H46O6/c1-14(16-5-6-16)24(31)25(32)15(2)18-7-8-19-17-13-34-26(33)21-11-22(29)23(30)12-28(21,4)20(17)9-10-27(18,19)3/h14-25,29-32H,5-13H2,1-4H3/t14-,15-,17?,18+,19?,20?,21?,22-,23+,24+,25+,27+,28+/m0/s1. The number of fused-ring (bicyclic) bond motifs is 5. The lowest BCUT2D eigenvalue weighted by atomic mass is 9.48. The molecule has 34 heavy (non-hydrogen) atoms. The molecule has 4 saturated carbocycles. The second-order valence-electron chi connectivity index (χ2n) is 13.4. The Balaban J connectivity index is 1.37. The third-order valence-corrected chi connectivity index (χ3v) is 11.9. The van der Waals surface area contributed by atoms with Crippen molar-refractivity contribution in [1.29, 1.82) is 0 Å². The molecular formula is C28H46O6. The van der Waals surface area contributed by atoms with Crippen LogP contribution in [0.2, 0.25) is 0 Å². The predicted molar refractivity (Wildman–Crippen MR) is 127 cm³/mol. The van der Waals surface area contributed by atoms with Crippen molar-refractivity contribution < 1.29 is 30.0 Å². The van der Waals surface area contributed by atoms with E-state index >= 15 is 0 Å². The van der Waals surface area contributed by atoms with Gasteiger partial charge in [-0.05, 0) is 104 Å². The SMILES string of the molecule is C[C@H]([C@@H](O)[C@H](O)[C@@H](C)C1CC1)[C@H]1CCC2C3COC(=O)C4C[C@H](O)[C@H](O)C[C@]4(C)C3CC[C@@]21C. The minimum absolute atomic E-state index is 0.0195. The molecule has 5 rings (SSSR count). The molecule has 0 aromatic heterocycles. The number of hydrogen-bond donors (Lipinski definition) is 4. The highest BCUT2D eigenvalue weighted by Gasteiger charge is 2.63. The molecule has 6 heteroatoms. The summed E-state index contributed by atoms with van der Waals surface area (Å²) in [4.78, 5) is 13.0. The quantitative estimate of drug-likeness (QED) is 0.452. The Morgan fingerprint density at radius 1 is 0.882 bits per heavy atom. The van der Waals surface area contributed by atoms with Gasteiger partial charge in [-0.3, -0.25) is 4.79 Å². The first kappa shape index (κ1) is 25.0. The summed E-state index contributed by atoms with van der Waals surface area (Å²) in [5.74, 6) is 1.40. The van der Waals surface area contributed by atoms with E-state index in [1.807, 2.05) is 0 Å². The van der Waals surface area contributed by atoms with Gasteiger partial charge in [0.25, 0.3) is 0 Å². The average Bonchev–Trinajstić information content (AvgIpc) is 3.59. The summed E-state index contributed by atoms with van der Waals surface area (Å²) < 4.78 is 5.87. The lowest BCUT2D eigenvalue weighted by Crippen LogP contribution is -2.55. The molecule has 13 atom stereocenters. The molecule has 4 unspecified atom stereocenters. The molecule has 4 N–H and O–H groups in total. The van der Waals surface area contributed by atoms with E-state index in [1.54, 1.807) is 0 Å². The molecule has 0 bridgehead atoms. The zero-order valence-corrected chi connectivity index (χ0v) is 21.4. The lowest BCUT2D eigenvalue weighted by Gasteiger charge is -2.56. The van der Waals surface area contributed by atoms with E-state index in [0.717, 1.165) is 38.5 Å². The Morgan fingerprint density at radius 3 is 2.21 bits per heavy atom. The number of rotatable bonds is 5. The Hall–Kier alpha value is -0.690. The van der Waals surface area contributed by atoms with Gasteiger partial charge in [-0.2, -0.15) is 0 Å². The molecule has 0 radical (unpaired) electrons. The number of hydrogen-bond acceptors (Lipinski definition) is 6. The lowest BCUT2D eigenvalue weighted by molar-refractivity contribution is -0.162. The summed E-state index contributed by atoms with van der Waals surface area (Å²) in [6.07, 6.45) is 4.11. The zero-order valence-electron chi connectivity index (χ0n) is 21.4. The Morgan fingerprint density at radius 2 is 1.53 bits per heavy atom. The van der Waals surface area contributed by atoms with Gasteiger partial charge in [0.15, 0.2) is 0 Å². The summed E-state index contributed by atoms with van der Waals surface area (Å²) in [6, 6.07) is 0. The molecular weight excluding hydrogens is 432 g/mol. The molecule has 0 aromatic carbocycles. The number of cyclic esters (lactones) is 1. The van der Waals surface area contributed by atoms with E-state index in [2.05, 4.69) is 27.7 Å². The normalized spacial score (nSPS) is 50.1. The minimum atomic E-state index is -0.862. The predicted octanol–water partition coefficient (Wildman–Crippen LogP) is 3.14. The van der Waals surface area contributed by atoms with E-state index < -0.39 is 24.4 Å². The van der Waals surface area contributed by atoms with Gasteiger partial charge in [0.2, 0.25) is 0 Å². The monoisotopic (exact) mass is 478 g/mol. The van der Waals surface area contributed by atoms with E-state index in [0.29, 0.717) is 30.8 Å². The fourth-order valence-corrected chi connectivity index (χ4v) is 9.45. The van der Waals surface area contributed by atoms with Crippen molar-refractivity contribution in [1.82, 2.24) is 0 Å². The molecule has 5 fully saturated rings. The van der Waals surface area contributed by atoms with Crippen LogP contribution >= 0.6 is 0 Å². The van der Waals surface area contributed by atoms with Crippen LogP contribution in [-0.2, 0) is 9.53 Å². The second-order valence-corrected chi connectivity index (χ2v) is 13.4. The van der Waals surface area contributed by atoms with Crippen molar-refractivity contribution in [3.8, 4) is 0 Å². The third-order valence-electron chi connectivity index (χ3n) is 11.9. The molecule has 1 saturated heterocycles. The van der Waals surface area contributed by atoms with Gasteiger partial charge in [-0.15, -0.1) is 0 Å². The van der Waals surface area contributed by atoms with Gasteiger partial charge in [-0.1, -0.05) is 27.7 Å². The average molecular weight is 479 g/mol. The molecule has 5 aliphatic rings. The van der Waals surface area contributed by atoms with Crippen LogP contribution in [0.1, 0.15) is 79.1 Å². The number of ether oxygens (including phenoxy) is 1. The first-order valence-corrected chi connectivity index (χ1v) is 13.9. The van der Waals surface area contributed by atoms with Crippen LogP contribution in [0.25, 0.3) is 0 Å². The van der Waals surface area contributed by atoms with Gasteiger partial charge in [0, 0.05) is 0 Å². The maximum atomic E-state index is 13.0. The van der Waals surface area contributed by atoms with Crippen molar-refractivity contribution in [3.05, 3.63) is 0 Å². The van der Waals surface area contributed by atoms with Gasteiger partial charge >= 0.3 is 5.97 Å². The number of carbonyl (C=O) groups excluding carboxylic acids is 1.